The van der Waals surface area contributed by atoms with Gasteiger partial charge in [0.2, 0.25) is 5.91 Å². The molecule has 0 radical (unpaired) electrons. The van der Waals surface area contributed by atoms with Crippen molar-refractivity contribution in [3.8, 4) is 0 Å². The van der Waals surface area contributed by atoms with Gasteiger partial charge in [-0.1, -0.05) is 20.8 Å². The molecule has 0 aliphatic rings. The first-order valence-corrected chi connectivity index (χ1v) is 6.60. The number of thioether (sulfide) groups is 1. The molecule has 0 aliphatic heterocycles. The summed E-state index contributed by atoms with van der Waals surface area (Å²) >= 11 is 1.70. The minimum Gasteiger partial charge on any atom is -0.344 e. The summed E-state index contributed by atoms with van der Waals surface area (Å²) in [6.07, 6.45) is 1.12. The molecule has 0 aromatic rings. The molecule has 0 rings (SSSR count). The molecule has 0 bridgehead atoms. The number of hydrogen-bond donors (Lipinski definition) is 1. The Kier molecular flexibility index (Phi) is 10.5. The molecule has 1 amide bonds. The number of hydrogen-bond acceptors (Lipinski definition) is 3. The Balaban J connectivity index is 0. The molecule has 0 saturated heterocycles. The van der Waals surface area contributed by atoms with Crippen LogP contribution in [0.25, 0.3) is 0 Å². The number of nitrogens with zero attached hydrogens (tertiary/aromatic N) is 1. The van der Waals surface area contributed by atoms with Crippen molar-refractivity contribution in [1.82, 2.24) is 4.90 Å². The fourth-order valence-corrected chi connectivity index (χ4v) is 2.04. The van der Waals surface area contributed by atoms with E-state index in [-0.39, 0.29) is 23.7 Å². The summed E-state index contributed by atoms with van der Waals surface area (Å²) in [6, 6.07) is 0. The van der Waals surface area contributed by atoms with E-state index in [4.69, 9.17) is 5.73 Å². The second kappa shape index (κ2) is 9.14. The van der Waals surface area contributed by atoms with Gasteiger partial charge in [0.25, 0.3) is 0 Å². The van der Waals surface area contributed by atoms with Crippen LogP contribution in [-0.2, 0) is 4.79 Å². The van der Waals surface area contributed by atoms with Crippen LogP contribution in [0, 0.1) is 5.41 Å². The van der Waals surface area contributed by atoms with Gasteiger partial charge in [0, 0.05) is 13.6 Å². The second-order valence-electron chi connectivity index (χ2n) is 4.67. The largest absolute Gasteiger partial charge is 0.344 e. The molecule has 0 saturated carbocycles. The summed E-state index contributed by atoms with van der Waals surface area (Å²) in [5, 5.41) is 0. The molecule has 0 fully saturated rings. The van der Waals surface area contributed by atoms with Crippen molar-refractivity contribution >= 4 is 30.1 Å². The molecule has 16 heavy (non-hydrogen) atoms. The molecule has 0 heterocycles. The maximum Gasteiger partial charge on any atom is 0.232 e. The van der Waals surface area contributed by atoms with Crippen molar-refractivity contribution in [3.63, 3.8) is 0 Å². The third-order valence-electron chi connectivity index (χ3n) is 2.22. The summed E-state index contributed by atoms with van der Waals surface area (Å²) in [6.45, 7) is 7.62. The summed E-state index contributed by atoms with van der Waals surface area (Å²) in [5.41, 5.74) is 5.65. The van der Waals surface area contributed by atoms with Crippen molar-refractivity contribution in [2.24, 2.45) is 11.1 Å². The van der Waals surface area contributed by atoms with E-state index >= 15 is 0 Å². The van der Waals surface area contributed by atoms with E-state index in [1.807, 2.05) is 7.05 Å². The first-order valence-electron chi connectivity index (χ1n) is 5.44. The van der Waals surface area contributed by atoms with E-state index in [1.54, 1.807) is 16.7 Å². The Morgan fingerprint density at radius 2 is 2.00 bits per heavy atom. The number of carbonyl (C=O) groups excluding carboxylic acids is 1. The molecule has 3 nitrogen and oxygen atoms in total. The quantitative estimate of drug-likeness (QED) is 0.719. The van der Waals surface area contributed by atoms with Gasteiger partial charge < -0.3 is 10.6 Å². The average molecular weight is 269 g/mol. The van der Waals surface area contributed by atoms with Gasteiger partial charge in [-0.25, -0.2) is 0 Å². The van der Waals surface area contributed by atoms with E-state index in [1.165, 1.54) is 0 Å². The van der Waals surface area contributed by atoms with Crippen molar-refractivity contribution in [3.05, 3.63) is 0 Å². The van der Waals surface area contributed by atoms with Crippen LogP contribution in [-0.4, -0.2) is 42.4 Å². The fraction of sp³-hybridized carbons (Fsp3) is 0.909. The Morgan fingerprint density at radius 1 is 1.44 bits per heavy atom. The highest BCUT2D eigenvalue weighted by Gasteiger charge is 2.20. The Hall–Kier alpha value is 0.0700. The summed E-state index contributed by atoms with van der Waals surface area (Å²) in [5.74, 6) is 1.85. The van der Waals surface area contributed by atoms with E-state index in [0.29, 0.717) is 12.3 Å². The third-order valence-corrected chi connectivity index (χ3v) is 3.37. The maximum atomic E-state index is 11.7. The van der Waals surface area contributed by atoms with Gasteiger partial charge in [0.15, 0.2) is 0 Å². The van der Waals surface area contributed by atoms with Crippen molar-refractivity contribution in [2.75, 3.05) is 31.6 Å². The normalized spacial score (nSPS) is 10.8. The molecule has 0 atom stereocenters. The zero-order chi connectivity index (χ0) is 11.9. The summed E-state index contributed by atoms with van der Waals surface area (Å²) < 4.78 is 0. The van der Waals surface area contributed by atoms with Crippen molar-refractivity contribution in [1.29, 1.82) is 0 Å². The minimum atomic E-state index is 0. The van der Waals surface area contributed by atoms with Gasteiger partial charge in [0.1, 0.15) is 0 Å². The van der Waals surface area contributed by atoms with Crippen LogP contribution in [0.1, 0.15) is 27.2 Å². The molecule has 0 aliphatic carbocycles. The van der Waals surface area contributed by atoms with Crippen LogP contribution in [0.2, 0.25) is 0 Å². The molecule has 98 valence electrons. The van der Waals surface area contributed by atoms with Crippen LogP contribution < -0.4 is 5.73 Å². The molecule has 0 spiro atoms. The number of carbonyl (C=O) groups is 1. The van der Waals surface area contributed by atoms with Crippen LogP contribution in [0.15, 0.2) is 0 Å². The van der Waals surface area contributed by atoms with Gasteiger partial charge in [0.05, 0.1) is 5.75 Å². The zero-order valence-electron chi connectivity index (χ0n) is 10.8. The summed E-state index contributed by atoms with van der Waals surface area (Å²) in [4.78, 5) is 13.5. The molecule has 0 unspecified atom stereocenters. The molecule has 0 aromatic carbocycles. The van der Waals surface area contributed by atoms with E-state index < -0.39 is 0 Å². The van der Waals surface area contributed by atoms with Crippen LogP contribution >= 0.6 is 24.2 Å². The van der Waals surface area contributed by atoms with E-state index in [0.717, 1.165) is 18.7 Å². The molecule has 0 aromatic heterocycles. The number of halogens is 1. The Morgan fingerprint density at radius 3 is 2.44 bits per heavy atom. The molecule has 5 heteroatoms. The number of nitrogens with two attached hydrogens (primary N) is 1. The predicted molar refractivity (Wildman–Crippen MR) is 75.3 cm³/mol. The zero-order valence-corrected chi connectivity index (χ0v) is 12.4. The number of amides is 1. The first-order chi connectivity index (χ1) is 6.93. The Labute approximate surface area is 110 Å². The van der Waals surface area contributed by atoms with E-state index in [9.17, 15) is 4.79 Å². The average Bonchev–Trinajstić information content (AvgIpc) is 2.17. The lowest BCUT2D eigenvalue weighted by Crippen LogP contribution is -2.40. The lowest BCUT2D eigenvalue weighted by Gasteiger charge is -2.29. The molecular weight excluding hydrogens is 244 g/mol. The number of rotatable bonds is 7. The Bertz CT molecular complexity index is 200. The van der Waals surface area contributed by atoms with Gasteiger partial charge in [-0.15, -0.1) is 12.4 Å². The lowest BCUT2D eigenvalue weighted by atomic mass is 9.93. The van der Waals surface area contributed by atoms with Crippen molar-refractivity contribution in [2.45, 2.75) is 27.2 Å². The highest BCUT2D eigenvalue weighted by atomic mass is 35.5. The highest BCUT2D eigenvalue weighted by Crippen LogP contribution is 2.14. The van der Waals surface area contributed by atoms with Crippen LogP contribution in [0.3, 0.4) is 0 Å². The monoisotopic (exact) mass is 268 g/mol. The highest BCUT2D eigenvalue weighted by molar-refractivity contribution is 7.99. The van der Waals surface area contributed by atoms with Gasteiger partial charge in [-0.3, -0.25) is 4.79 Å². The second-order valence-corrected chi connectivity index (χ2v) is 5.78. The van der Waals surface area contributed by atoms with Gasteiger partial charge in [-0.05, 0) is 24.1 Å². The minimum absolute atomic E-state index is 0. The first kappa shape index (κ1) is 18.4. The smallest absolute Gasteiger partial charge is 0.232 e. The third kappa shape index (κ3) is 8.25. The predicted octanol–water partition coefficient (Wildman–Crippen LogP) is 1.99. The summed E-state index contributed by atoms with van der Waals surface area (Å²) in [7, 11) is 1.85. The molecular formula is C11H25ClN2OS. The van der Waals surface area contributed by atoms with Crippen LogP contribution in [0.4, 0.5) is 0 Å². The molecule has 2 N–H and O–H groups in total. The topological polar surface area (TPSA) is 46.3 Å². The van der Waals surface area contributed by atoms with Gasteiger partial charge >= 0.3 is 0 Å². The SMILES string of the molecule is CCCSCC(=O)N(C)CC(C)(C)CN.Cl. The van der Waals surface area contributed by atoms with Gasteiger partial charge in [-0.2, -0.15) is 11.8 Å². The standard InChI is InChI=1S/C11H24N2OS.ClH/c1-5-6-15-7-10(14)13(4)9-11(2,3)8-12;/h5-9,12H2,1-4H3;1H. The lowest BCUT2D eigenvalue weighted by molar-refractivity contribution is -0.128. The van der Waals surface area contributed by atoms with Crippen LogP contribution in [0.5, 0.6) is 0 Å². The van der Waals surface area contributed by atoms with Crippen molar-refractivity contribution < 1.29 is 4.79 Å². The fourth-order valence-electron chi connectivity index (χ4n) is 1.21. The van der Waals surface area contributed by atoms with E-state index in [2.05, 4.69) is 20.8 Å². The maximum absolute atomic E-state index is 11.7.